The number of aliphatic hydroxyl groups is 1. The SMILES string of the molecule is CC(NS(C)(=O)=O)C(O)(Cn1cncn1)c1ccc(F)cc1F. The smallest absolute Gasteiger partial charge is 0.209 e. The van der Waals surface area contributed by atoms with E-state index in [4.69, 9.17) is 0 Å². The van der Waals surface area contributed by atoms with E-state index in [1.54, 1.807) is 0 Å². The molecule has 0 saturated carbocycles. The van der Waals surface area contributed by atoms with Crippen molar-refractivity contribution in [2.24, 2.45) is 0 Å². The first-order valence-electron chi connectivity index (χ1n) is 6.59. The highest BCUT2D eigenvalue weighted by Crippen LogP contribution is 2.30. The van der Waals surface area contributed by atoms with E-state index >= 15 is 0 Å². The third-order valence-electron chi connectivity index (χ3n) is 3.37. The van der Waals surface area contributed by atoms with Gasteiger partial charge in [0.1, 0.15) is 29.9 Å². The standard InChI is InChI=1S/C13H16F2N4O3S/c1-9(18-23(2,21)22)13(20,6-19-8-16-7-17-19)11-4-3-10(14)5-12(11)15/h3-5,7-9,18,20H,6H2,1-2H3. The molecule has 2 unspecified atom stereocenters. The molecule has 2 aromatic rings. The van der Waals surface area contributed by atoms with Crippen molar-refractivity contribution >= 4 is 10.0 Å². The van der Waals surface area contributed by atoms with Crippen molar-refractivity contribution in [1.29, 1.82) is 0 Å². The maximum absolute atomic E-state index is 14.1. The maximum Gasteiger partial charge on any atom is 0.209 e. The first-order valence-corrected chi connectivity index (χ1v) is 8.48. The molecule has 0 fully saturated rings. The van der Waals surface area contributed by atoms with Crippen LogP contribution in [-0.2, 0) is 22.2 Å². The Morgan fingerprint density at radius 2 is 2.13 bits per heavy atom. The molecule has 126 valence electrons. The van der Waals surface area contributed by atoms with Crippen LogP contribution >= 0.6 is 0 Å². The van der Waals surface area contributed by atoms with Crippen LogP contribution in [0.25, 0.3) is 0 Å². The fourth-order valence-electron chi connectivity index (χ4n) is 2.28. The highest BCUT2D eigenvalue weighted by molar-refractivity contribution is 7.88. The van der Waals surface area contributed by atoms with Gasteiger partial charge in [0.05, 0.1) is 18.8 Å². The van der Waals surface area contributed by atoms with E-state index in [0.29, 0.717) is 6.07 Å². The molecule has 23 heavy (non-hydrogen) atoms. The average Bonchev–Trinajstić information content (AvgIpc) is 2.88. The van der Waals surface area contributed by atoms with Crippen molar-refractivity contribution in [2.45, 2.75) is 25.1 Å². The molecule has 2 atom stereocenters. The normalized spacial score (nSPS) is 16.0. The lowest BCUT2D eigenvalue weighted by Crippen LogP contribution is -2.51. The van der Waals surface area contributed by atoms with Gasteiger partial charge in [0.2, 0.25) is 10.0 Å². The van der Waals surface area contributed by atoms with Crippen molar-refractivity contribution < 1.29 is 22.3 Å². The second-order valence-corrected chi connectivity index (χ2v) is 7.03. The molecular formula is C13H16F2N4O3S. The summed E-state index contributed by atoms with van der Waals surface area (Å²) in [6, 6.07) is 1.57. The molecule has 0 spiro atoms. The zero-order valence-corrected chi connectivity index (χ0v) is 13.3. The van der Waals surface area contributed by atoms with E-state index in [1.807, 2.05) is 0 Å². The highest BCUT2D eigenvalue weighted by atomic mass is 32.2. The summed E-state index contributed by atoms with van der Waals surface area (Å²) in [5.74, 6) is -1.80. The van der Waals surface area contributed by atoms with E-state index in [0.717, 1.165) is 18.4 Å². The van der Waals surface area contributed by atoms with Gasteiger partial charge in [-0.2, -0.15) is 5.10 Å². The molecular weight excluding hydrogens is 330 g/mol. The van der Waals surface area contributed by atoms with Crippen molar-refractivity contribution in [3.05, 3.63) is 48.1 Å². The third-order valence-corrected chi connectivity index (χ3v) is 4.16. The number of rotatable bonds is 6. The molecule has 1 aromatic carbocycles. The van der Waals surface area contributed by atoms with Crippen molar-refractivity contribution in [1.82, 2.24) is 19.5 Å². The molecule has 1 aromatic heterocycles. The lowest BCUT2D eigenvalue weighted by molar-refractivity contribution is -0.0134. The Morgan fingerprint density at radius 3 is 2.65 bits per heavy atom. The van der Waals surface area contributed by atoms with E-state index in [9.17, 15) is 22.3 Å². The first kappa shape index (κ1) is 17.4. The van der Waals surface area contributed by atoms with Crippen LogP contribution in [0.4, 0.5) is 8.78 Å². The predicted octanol–water partition coefficient (Wildman–Crippen LogP) is 0.382. The third kappa shape index (κ3) is 4.09. The maximum atomic E-state index is 14.1. The molecule has 1 heterocycles. The number of hydrogen-bond donors (Lipinski definition) is 2. The largest absolute Gasteiger partial charge is 0.381 e. The quantitative estimate of drug-likeness (QED) is 0.788. The summed E-state index contributed by atoms with van der Waals surface area (Å²) in [7, 11) is -3.67. The molecule has 0 radical (unpaired) electrons. The number of sulfonamides is 1. The van der Waals surface area contributed by atoms with E-state index in [2.05, 4.69) is 14.8 Å². The van der Waals surface area contributed by atoms with Crippen LogP contribution in [0.5, 0.6) is 0 Å². The summed E-state index contributed by atoms with van der Waals surface area (Å²) in [6.45, 7) is 1.10. The Labute approximate surface area is 132 Å². The van der Waals surface area contributed by atoms with E-state index in [-0.39, 0.29) is 12.1 Å². The number of aromatic nitrogens is 3. The first-order chi connectivity index (χ1) is 10.6. The number of hydrogen-bond acceptors (Lipinski definition) is 5. The van der Waals surface area contributed by atoms with Crippen LogP contribution in [0.15, 0.2) is 30.9 Å². The van der Waals surface area contributed by atoms with Gasteiger partial charge in [-0.3, -0.25) is 0 Å². The molecule has 0 amide bonds. The van der Waals surface area contributed by atoms with E-state index in [1.165, 1.54) is 24.3 Å². The van der Waals surface area contributed by atoms with Crippen molar-refractivity contribution in [3.8, 4) is 0 Å². The second-order valence-electron chi connectivity index (χ2n) is 5.25. The number of halogens is 2. The summed E-state index contributed by atoms with van der Waals surface area (Å²) in [5, 5.41) is 14.8. The van der Waals surface area contributed by atoms with Gasteiger partial charge >= 0.3 is 0 Å². The fraction of sp³-hybridized carbons (Fsp3) is 0.385. The highest BCUT2D eigenvalue weighted by Gasteiger charge is 2.40. The summed E-state index contributed by atoms with van der Waals surface area (Å²) in [6.07, 6.45) is 3.43. The Morgan fingerprint density at radius 1 is 1.43 bits per heavy atom. The van der Waals surface area contributed by atoms with Gasteiger partial charge in [0, 0.05) is 11.6 Å². The molecule has 0 bridgehead atoms. The topological polar surface area (TPSA) is 97.1 Å². The van der Waals surface area contributed by atoms with Crippen LogP contribution in [0.3, 0.4) is 0 Å². The molecule has 2 N–H and O–H groups in total. The Bertz CT molecular complexity index is 783. The molecule has 0 aliphatic heterocycles. The molecule has 2 rings (SSSR count). The summed E-state index contributed by atoms with van der Waals surface area (Å²) in [5.41, 5.74) is -2.26. The Balaban J connectivity index is 2.49. The van der Waals surface area contributed by atoms with Gasteiger partial charge < -0.3 is 5.11 Å². The summed E-state index contributed by atoms with van der Waals surface area (Å²) >= 11 is 0. The summed E-state index contributed by atoms with van der Waals surface area (Å²) in [4.78, 5) is 3.72. The fourth-order valence-corrected chi connectivity index (χ4v) is 3.11. The van der Waals surface area contributed by atoms with Crippen LogP contribution in [-0.4, -0.2) is 40.6 Å². The molecule has 0 saturated heterocycles. The minimum atomic E-state index is -3.67. The molecule has 10 heteroatoms. The van der Waals surface area contributed by atoms with Gasteiger partial charge in [0.25, 0.3) is 0 Å². The second kappa shape index (κ2) is 6.30. The Kier molecular flexibility index (Phi) is 4.78. The van der Waals surface area contributed by atoms with Gasteiger partial charge in [-0.1, -0.05) is 6.07 Å². The van der Waals surface area contributed by atoms with E-state index < -0.39 is 33.3 Å². The van der Waals surface area contributed by atoms with Gasteiger partial charge in [-0.25, -0.2) is 31.6 Å². The molecule has 0 aliphatic carbocycles. The number of benzene rings is 1. The summed E-state index contributed by atoms with van der Waals surface area (Å²) < 4.78 is 53.6. The van der Waals surface area contributed by atoms with Crippen molar-refractivity contribution in [2.75, 3.05) is 6.26 Å². The zero-order chi connectivity index (χ0) is 17.3. The van der Waals surface area contributed by atoms with Crippen LogP contribution in [0.2, 0.25) is 0 Å². The van der Waals surface area contributed by atoms with Crippen molar-refractivity contribution in [3.63, 3.8) is 0 Å². The van der Waals surface area contributed by atoms with Crippen LogP contribution < -0.4 is 4.72 Å². The van der Waals surface area contributed by atoms with Gasteiger partial charge in [0.15, 0.2) is 0 Å². The molecule has 0 aliphatic rings. The minimum Gasteiger partial charge on any atom is -0.381 e. The number of nitrogens with one attached hydrogen (secondary N) is 1. The average molecular weight is 346 g/mol. The van der Waals surface area contributed by atoms with Gasteiger partial charge in [-0.05, 0) is 13.0 Å². The lowest BCUT2D eigenvalue weighted by atomic mass is 9.87. The van der Waals surface area contributed by atoms with Crippen LogP contribution in [0, 0.1) is 11.6 Å². The van der Waals surface area contributed by atoms with Crippen LogP contribution in [0.1, 0.15) is 12.5 Å². The van der Waals surface area contributed by atoms with Gasteiger partial charge in [-0.15, -0.1) is 0 Å². The number of nitrogens with zero attached hydrogens (tertiary/aromatic N) is 3. The predicted molar refractivity (Wildman–Crippen MR) is 77.7 cm³/mol. The lowest BCUT2D eigenvalue weighted by Gasteiger charge is -2.34. The monoisotopic (exact) mass is 346 g/mol. The minimum absolute atomic E-state index is 0.252. The molecule has 7 nitrogen and oxygen atoms in total. The Hall–Kier alpha value is -1.91. The zero-order valence-electron chi connectivity index (χ0n) is 12.4.